The van der Waals surface area contributed by atoms with Gasteiger partial charge < -0.3 is 9.64 Å². The molecule has 148 valence electrons. The second-order valence-corrected chi connectivity index (χ2v) is 8.29. The fourth-order valence-corrected chi connectivity index (χ4v) is 4.45. The molecule has 2 aliphatic rings. The van der Waals surface area contributed by atoms with Gasteiger partial charge in [-0.2, -0.15) is 0 Å². The minimum atomic E-state index is -0.383. The lowest BCUT2D eigenvalue weighted by atomic mass is 9.91. The van der Waals surface area contributed by atoms with Crippen molar-refractivity contribution in [1.29, 1.82) is 0 Å². The van der Waals surface area contributed by atoms with Gasteiger partial charge >= 0.3 is 0 Å². The molecule has 1 saturated heterocycles. The number of piperidine rings is 1. The SMILES string of the molecule is Cc1ccc2c(c1)CN(C)CC1(CCCN(C(=O)Cc3ccc(F)cc3)C1)O2. The normalized spacial score (nSPS) is 22.5. The number of aryl methyl sites for hydroxylation is 1. The molecule has 0 radical (unpaired) electrons. The number of carbonyl (C=O) groups excluding carboxylic acids is 1. The largest absolute Gasteiger partial charge is 0.484 e. The zero-order valence-electron chi connectivity index (χ0n) is 16.6. The molecule has 2 aromatic carbocycles. The van der Waals surface area contributed by atoms with Crippen LogP contribution in [-0.2, 0) is 17.8 Å². The Labute approximate surface area is 165 Å². The number of fused-ring (bicyclic) bond motifs is 1. The van der Waals surface area contributed by atoms with Crippen molar-refractivity contribution in [1.82, 2.24) is 9.80 Å². The fourth-order valence-electron chi connectivity index (χ4n) is 4.45. The maximum absolute atomic E-state index is 13.1. The molecule has 1 spiro atoms. The van der Waals surface area contributed by atoms with E-state index in [1.807, 2.05) is 4.90 Å². The molecule has 4 nitrogen and oxygen atoms in total. The first-order chi connectivity index (χ1) is 13.4. The average Bonchev–Trinajstić information content (AvgIpc) is 2.78. The van der Waals surface area contributed by atoms with Gasteiger partial charge in [0.15, 0.2) is 0 Å². The molecule has 0 aliphatic carbocycles. The number of benzene rings is 2. The van der Waals surface area contributed by atoms with E-state index in [0.717, 1.165) is 43.8 Å². The number of rotatable bonds is 2. The van der Waals surface area contributed by atoms with Crippen LogP contribution in [0.1, 0.15) is 29.5 Å². The van der Waals surface area contributed by atoms with Crippen molar-refractivity contribution in [2.75, 3.05) is 26.7 Å². The van der Waals surface area contributed by atoms with Crippen LogP contribution < -0.4 is 4.74 Å². The third kappa shape index (κ3) is 4.04. The van der Waals surface area contributed by atoms with Gasteiger partial charge in [0.05, 0.1) is 13.0 Å². The molecule has 2 aromatic rings. The summed E-state index contributed by atoms with van der Waals surface area (Å²) in [6.45, 7) is 5.07. The Morgan fingerprint density at radius 3 is 2.75 bits per heavy atom. The predicted molar refractivity (Wildman–Crippen MR) is 107 cm³/mol. The third-order valence-electron chi connectivity index (χ3n) is 5.70. The van der Waals surface area contributed by atoms with Crippen LogP contribution in [-0.4, -0.2) is 48.0 Å². The number of likely N-dealkylation sites (N-methyl/N-ethyl adjacent to an activating group) is 1. The number of hydrogen-bond donors (Lipinski definition) is 0. The molecule has 0 bridgehead atoms. The number of likely N-dealkylation sites (tertiary alicyclic amines) is 1. The zero-order valence-corrected chi connectivity index (χ0v) is 16.6. The van der Waals surface area contributed by atoms with Crippen molar-refractivity contribution in [2.45, 2.75) is 38.3 Å². The molecular weight excluding hydrogens is 355 g/mol. The van der Waals surface area contributed by atoms with Crippen LogP contribution in [0.25, 0.3) is 0 Å². The Kier molecular flexibility index (Phi) is 5.11. The summed E-state index contributed by atoms with van der Waals surface area (Å²) < 4.78 is 19.7. The first-order valence-electron chi connectivity index (χ1n) is 9.92. The van der Waals surface area contributed by atoms with Gasteiger partial charge in [-0.25, -0.2) is 4.39 Å². The molecule has 0 saturated carbocycles. The maximum Gasteiger partial charge on any atom is 0.227 e. The van der Waals surface area contributed by atoms with Crippen molar-refractivity contribution >= 4 is 5.91 Å². The van der Waals surface area contributed by atoms with Crippen LogP contribution in [0.2, 0.25) is 0 Å². The molecule has 1 fully saturated rings. The Morgan fingerprint density at radius 1 is 1.18 bits per heavy atom. The van der Waals surface area contributed by atoms with Crippen LogP contribution in [0, 0.1) is 12.7 Å². The van der Waals surface area contributed by atoms with Gasteiger partial charge in [-0.1, -0.05) is 29.8 Å². The number of amides is 1. The van der Waals surface area contributed by atoms with Crippen LogP contribution in [0.3, 0.4) is 0 Å². The standard InChI is InChI=1S/C23H27FN2O2/c1-17-4-9-21-19(12-17)14-25(2)15-23(28-21)10-3-11-26(16-23)22(27)13-18-5-7-20(24)8-6-18/h4-9,12H,3,10-11,13-16H2,1-2H3. The molecule has 1 unspecified atom stereocenters. The van der Waals surface area contributed by atoms with E-state index in [0.29, 0.717) is 13.0 Å². The van der Waals surface area contributed by atoms with Gasteiger partial charge in [-0.05, 0) is 50.6 Å². The topological polar surface area (TPSA) is 32.8 Å². The molecule has 0 aromatic heterocycles. The quantitative estimate of drug-likeness (QED) is 0.796. The highest BCUT2D eigenvalue weighted by Crippen LogP contribution is 2.35. The second kappa shape index (κ2) is 7.55. The third-order valence-corrected chi connectivity index (χ3v) is 5.70. The molecule has 28 heavy (non-hydrogen) atoms. The molecule has 1 amide bonds. The number of hydrogen-bond acceptors (Lipinski definition) is 3. The average molecular weight is 382 g/mol. The minimum absolute atomic E-state index is 0.0744. The minimum Gasteiger partial charge on any atom is -0.484 e. The number of halogens is 1. The van der Waals surface area contributed by atoms with E-state index in [9.17, 15) is 9.18 Å². The van der Waals surface area contributed by atoms with Crippen molar-refractivity contribution in [2.24, 2.45) is 0 Å². The summed E-state index contributed by atoms with van der Waals surface area (Å²) in [5, 5.41) is 0. The lowest BCUT2D eigenvalue weighted by Gasteiger charge is -2.43. The molecule has 5 heteroatoms. The number of carbonyl (C=O) groups is 1. The van der Waals surface area contributed by atoms with Crippen LogP contribution in [0.4, 0.5) is 4.39 Å². The van der Waals surface area contributed by atoms with E-state index in [1.54, 1.807) is 12.1 Å². The number of ether oxygens (including phenoxy) is 1. The molecule has 0 N–H and O–H groups in total. The van der Waals surface area contributed by atoms with E-state index in [1.165, 1.54) is 23.3 Å². The number of nitrogens with zero attached hydrogens (tertiary/aromatic N) is 2. The lowest BCUT2D eigenvalue weighted by Crippen LogP contribution is -2.57. The van der Waals surface area contributed by atoms with E-state index < -0.39 is 0 Å². The van der Waals surface area contributed by atoms with Gasteiger partial charge in [0.2, 0.25) is 5.91 Å². The first kappa shape index (κ1) is 18.9. The van der Waals surface area contributed by atoms with E-state index >= 15 is 0 Å². The first-order valence-corrected chi connectivity index (χ1v) is 9.92. The highest BCUT2D eigenvalue weighted by molar-refractivity contribution is 5.79. The van der Waals surface area contributed by atoms with Gasteiger partial charge in [0.1, 0.15) is 17.2 Å². The van der Waals surface area contributed by atoms with Crippen LogP contribution in [0.15, 0.2) is 42.5 Å². The molecule has 1 atom stereocenters. The summed E-state index contributed by atoms with van der Waals surface area (Å²) in [6, 6.07) is 12.5. The van der Waals surface area contributed by atoms with E-state index in [-0.39, 0.29) is 17.3 Å². The summed E-state index contributed by atoms with van der Waals surface area (Å²) in [4.78, 5) is 17.1. The summed E-state index contributed by atoms with van der Waals surface area (Å²) in [7, 11) is 2.11. The van der Waals surface area contributed by atoms with Gasteiger partial charge in [-0.3, -0.25) is 9.69 Å². The molecule has 4 rings (SSSR count). The molecule has 2 heterocycles. The summed E-state index contributed by atoms with van der Waals surface area (Å²) in [6.07, 6.45) is 2.15. The van der Waals surface area contributed by atoms with Crippen LogP contribution in [0.5, 0.6) is 5.75 Å². The van der Waals surface area contributed by atoms with Crippen LogP contribution >= 0.6 is 0 Å². The highest BCUT2D eigenvalue weighted by atomic mass is 19.1. The fraction of sp³-hybridized carbons (Fsp3) is 0.435. The molecular formula is C23H27FN2O2. The smallest absolute Gasteiger partial charge is 0.227 e. The van der Waals surface area contributed by atoms with E-state index in [4.69, 9.17) is 4.74 Å². The Hall–Kier alpha value is -2.40. The lowest BCUT2D eigenvalue weighted by molar-refractivity contribution is -0.136. The Bertz CT molecular complexity index is 867. The van der Waals surface area contributed by atoms with Gasteiger partial charge in [-0.15, -0.1) is 0 Å². The Balaban J connectivity index is 1.52. The summed E-state index contributed by atoms with van der Waals surface area (Å²) in [5.74, 6) is 0.727. The van der Waals surface area contributed by atoms with Crippen molar-refractivity contribution in [3.63, 3.8) is 0 Å². The summed E-state index contributed by atoms with van der Waals surface area (Å²) in [5.41, 5.74) is 2.89. The zero-order chi connectivity index (χ0) is 19.7. The second-order valence-electron chi connectivity index (χ2n) is 8.29. The van der Waals surface area contributed by atoms with Crippen molar-refractivity contribution in [3.05, 3.63) is 65.0 Å². The predicted octanol–water partition coefficient (Wildman–Crippen LogP) is 3.56. The monoisotopic (exact) mass is 382 g/mol. The van der Waals surface area contributed by atoms with Crippen molar-refractivity contribution < 1.29 is 13.9 Å². The van der Waals surface area contributed by atoms with Gasteiger partial charge in [0, 0.05) is 25.2 Å². The Morgan fingerprint density at radius 2 is 1.96 bits per heavy atom. The highest BCUT2D eigenvalue weighted by Gasteiger charge is 2.42. The van der Waals surface area contributed by atoms with Crippen molar-refractivity contribution in [3.8, 4) is 5.75 Å². The molecule has 2 aliphatic heterocycles. The van der Waals surface area contributed by atoms with Gasteiger partial charge in [0.25, 0.3) is 0 Å². The maximum atomic E-state index is 13.1. The van der Waals surface area contributed by atoms with E-state index in [2.05, 4.69) is 37.1 Å². The summed E-state index contributed by atoms with van der Waals surface area (Å²) >= 11 is 0.